The van der Waals surface area contributed by atoms with Gasteiger partial charge in [-0.25, -0.2) is 4.98 Å². The smallest absolute Gasteiger partial charge is 0.259 e. The van der Waals surface area contributed by atoms with Gasteiger partial charge in [-0.3, -0.25) is 4.79 Å². The maximum absolute atomic E-state index is 13.1. The van der Waals surface area contributed by atoms with Crippen LogP contribution in [0.15, 0.2) is 64.8 Å². The Kier molecular flexibility index (Phi) is 4.85. The summed E-state index contributed by atoms with van der Waals surface area (Å²) in [4.78, 5) is 20.0. The van der Waals surface area contributed by atoms with Crippen molar-refractivity contribution in [3.05, 3.63) is 75.9 Å². The van der Waals surface area contributed by atoms with E-state index in [0.29, 0.717) is 33.1 Å². The first-order chi connectivity index (χ1) is 14.1. The third-order valence-electron chi connectivity index (χ3n) is 4.47. The van der Waals surface area contributed by atoms with Crippen molar-refractivity contribution in [3.63, 3.8) is 0 Å². The molecule has 2 aromatic heterocycles. The Labute approximate surface area is 170 Å². The average Bonchev–Trinajstić information content (AvgIpc) is 3.19. The van der Waals surface area contributed by atoms with Crippen molar-refractivity contribution < 1.29 is 9.84 Å². The van der Waals surface area contributed by atoms with Crippen LogP contribution < -0.4 is 10.3 Å². The van der Waals surface area contributed by atoms with E-state index >= 15 is 0 Å². The molecule has 2 N–H and O–H groups in total. The van der Waals surface area contributed by atoms with Gasteiger partial charge in [-0.2, -0.15) is 5.26 Å². The molecule has 0 aliphatic heterocycles. The molecule has 0 radical (unpaired) electrons. The Hall–Kier alpha value is -3.89. The number of rotatable bonds is 4. The number of thiazole rings is 1. The highest BCUT2D eigenvalue weighted by Crippen LogP contribution is 2.38. The first-order valence-corrected chi connectivity index (χ1v) is 9.55. The van der Waals surface area contributed by atoms with Crippen LogP contribution in [0, 0.1) is 11.3 Å². The molecule has 0 atom stereocenters. The third-order valence-corrected chi connectivity index (χ3v) is 5.32. The average molecular weight is 401 g/mol. The lowest BCUT2D eigenvalue weighted by Crippen LogP contribution is -2.14. The van der Waals surface area contributed by atoms with Crippen molar-refractivity contribution >= 4 is 11.3 Å². The van der Waals surface area contributed by atoms with E-state index in [1.54, 1.807) is 31.4 Å². The zero-order valence-corrected chi connectivity index (χ0v) is 16.2. The molecule has 2 heterocycles. The number of aromatic amines is 1. The van der Waals surface area contributed by atoms with Crippen LogP contribution in [-0.2, 0) is 0 Å². The van der Waals surface area contributed by atoms with Gasteiger partial charge in [-0.05, 0) is 23.3 Å². The highest BCUT2D eigenvalue weighted by Gasteiger charge is 2.23. The maximum atomic E-state index is 13.1. The number of nitrogens with one attached hydrogen (secondary N) is 1. The van der Waals surface area contributed by atoms with Crippen LogP contribution in [-0.4, -0.2) is 22.2 Å². The molecule has 0 aliphatic rings. The summed E-state index contributed by atoms with van der Waals surface area (Å²) in [6.07, 6.45) is 0. The summed E-state index contributed by atoms with van der Waals surface area (Å²) in [7, 11) is 1.57. The molecule has 0 amide bonds. The van der Waals surface area contributed by atoms with E-state index in [1.807, 2.05) is 30.3 Å². The molecule has 0 aliphatic carbocycles. The number of nitriles is 1. The van der Waals surface area contributed by atoms with Gasteiger partial charge < -0.3 is 14.8 Å². The molecule has 2 aromatic carbocycles. The maximum Gasteiger partial charge on any atom is 0.259 e. The monoisotopic (exact) mass is 401 g/mol. The van der Waals surface area contributed by atoms with Crippen LogP contribution in [0.2, 0.25) is 0 Å². The Morgan fingerprint density at radius 2 is 1.79 bits per heavy atom. The second kappa shape index (κ2) is 7.62. The Balaban J connectivity index is 2.09. The van der Waals surface area contributed by atoms with Crippen LogP contribution in [0.25, 0.3) is 33.0 Å². The lowest BCUT2D eigenvalue weighted by Gasteiger charge is -2.14. The van der Waals surface area contributed by atoms with Gasteiger partial charge in [-0.15, -0.1) is 11.3 Å². The lowest BCUT2D eigenvalue weighted by atomic mass is 9.92. The normalized spacial score (nSPS) is 10.5. The number of aromatic nitrogens is 2. The predicted molar refractivity (Wildman–Crippen MR) is 112 cm³/mol. The molecule has 0 saturated heterocycles. The number of ether oxygens (including phenoxy) is 1. The minimum Gasteiger partial charge on any atom is -0.497 e. The zero-order valence-electron chi connectivity index (χ0n) is 15.3. The fraction of sp³-hybridized carbons (Fsp3) is 0.0455. The highest BCUT2D eigenvalue weighted by molar-refractivity contribution is 7.13. The van der Waals surface area contributed by atoms with Crippen LogP contribution in [0.4, 0.5) is 0 Å². The number of pyridine rings is 1. The van der Waals surface area contributed by atoms with E-state index in [0.717, 1.165) is 16.9 Å². The van der Waals surface area contributed by atoms with E-state index in [9.17, 15) is 15.2 Å². The van der Waals surface area contributed by atoms with Crippen molar-refractivity contribution in [1.29, 1.82) is 5.26 Å². The van der Waals surface area contributed by atoms with Gasteiger partial charge in [-0.1, -0.05) is 42.5 Å². The minimum absolute atomic E-state index is 0.171. The Bertz CT molecular complexity index is 1270. The van der Waals surface area contributed by atoms with Crippen LogP contribution in [0.5, 0.6) is 11.6 Å². The second-order valence-corrected chi connectivity index (χ2v) is 7.03. The molecule has 0 saturated carbocycles. The lowest BCUT2D eigenvalue weighted by molar-refractivity contribution is 0.415. The van der Waals surface area contributed by atoms with E-state index in [4.69, 9.17) is 4.74 Å². The summed E-state index contributed by atoms with van der Waals surface area (Å²) in [6.45, 7) is 0. The van der Waals surface area contributed by atoms with Gasteiger partial charge in [0.2, 0.25) is 5.88 Å². The number of hydrogen-bond donors (Lipinski definition) is 2. The van der Waals surface area contributed by atoms with Crippen LogP contribution in [0.3, 0.4) is 0 Å². The molecule has 0 spiro atoms. The molecule has 0 bridgehead atoms. The van der Waals surface area contributed by atoms with Gasteiger partial charge in [0, 0.05) is 5.56 Å². The number of methoxy groups -OCH3 is 1. The molecular weight excluding hydrogens is 386 g/mol. The highest BCUT2D eigenvalue weighted by atomic mass is 32.1. The minimum atomic E-state index is -0.386. The second-order valence-electron chi connectivity index (χ2n) is 6.17. The summed E-state index contributed by atoms with van der Waals surface area (Å²) in [6, 6.07) is 18.6. The van der Waals surface area contributed by atoms with Crippen LogP contribution >= 0.6 is 11.3 Å². The van der Waals surface area contributed by atoms with E-state index < -0.39 is 0 Å². The quantitative estimate of drug-likeness (QED) is 0.527. The van der Waals surface area contributed by atoms with Crippen LogP contribution in [0.1, 0.15) is 5.56 Å². The molecule has 4 aromatic rings. The zero-order chi connectivity index (χ0) is 20.4. The largest absolute Gasteiger partial charge is 0.497 e. The van der Waals surface area contributed by atoms with Gasteiger partial charge in [0.05, 0.1) is 29.3 Å². The van der Waals surface area contributed by atoms with Crippen molar-refractivity contribution in [1.82, 2.24) is 9.97 Å². The summed E-state index contributed by atoms with van der Waals surface area (Å²) in [5.41, 5.74) is 2.49. The molecular formula is C22H15N3O3S. The van der Waals surface area contributed by atoms with Gasteiger partial charge in [0.1, 0.15) is 16.8 Å². The van der Waals surface area contributed by atoms with Gasteiger partial charge in [0.25, 0.3) is 5.56 Å². The first kappa shape index (κ1) is 18.5. The van der Waals surface area contributed by atoms with E-state index in [-0.39, 0.29) is 17.0 Å². The fourth-order valence-corrected chi connectivity index (χ4v) is 3.89. The molecule has 142 valence electrons. The van der Waals surface area contributed by atoms with Gasteiger partial charge in [0.15, 0.2) is 0 Å². The summed E-state index contributed by atoms with van der Waals surface area (Å²) in [5, 5.41) is 21.5. The molecule has 0 fully saturated rings. The molecule has 6 nitrogen and oxygen atoms in total. The third kappa shape index (κ3) is 3.37. The van der Waals surface area contributed by atoms with Crippen molar-refractivity contribution in [3.8, 4) is 50.7 Å². The standard InChI is InChI=1S/C22H15N3O3S/c1-28-15-9-7-13(8-10-15)18-16(11-23)20(14-5-3-2-4-6-14)25-21(27)19(18)22-24-17(26)12-29-22/h2-10,12,26H,1H3,(H,25,27). The van der Waals surface area contributed by atoms with Gasteiger partial charge >= 0.3 is 0 Å². The number of benzene rings is 2. The molecule has 0 unspecified atom stereocenters. The summed E-state index contributed by atoms with van der Waals surface area (Å²) in [5.74, 6) is 0.490. The van der Waals surface area contributed by atoms with Crippen molar-refractivity contribution in [2.75, 3.05) is 7.11 Å². The number of hydrogen-bond acceptors (Lipinski definition) is 6. The Morgan fingerprint density at radius 3 is 2.38 bits per heavy atom. The Morgan fingerprint density at radius 1 is 1.07 bits per heavy atom. The fourth-order valence-electron chi connectivity index (χ4n) is 3.17. The molecule has 29 heavy (non-hydrogen) atoms. The van der Waals surface area contributed by atoms with E-state index in [1.165, 1.54) is 5.38 Å². The predicted octanol–water partition coefficient (Wildman–Crippen LogP) is 4.42. The first-order valence-electron chi connectivity index (χ1n) is 8.67. The number of aromatic hydroxyl groups is 1. The van der Waals surface area contributed by atoms with Crippen molar-refractivity contribution in [2.24, 2.45) is 0 Å². The molecule has 7 heteroatoms. The van der Waals surface area contributed by atoms with E-state index in [2.05, 4.69) is 16.0 Å². The topological polar surface area (TPSA) is 99.0 Å². The summed E-state index contributed by atoms with van der Waals surface area (Å²) >= 11 is 1.14. The number of nitrogens with zero attached hydrogens (tertiary/aromatic N) is 2. The number of H-pyrrole nitrogens is 1. The molecule has 4 rings (SSSR count). The summed E-state index contributed by atoms with van der Waals surface area (Å²) < 4.78 is 5.22. The SMILES string of the molecule is COc1ccc(-c2c(C#N)c(-c3ccccc3)[nH]c(=O)c2-c2nc(O)cs2)cc1. The van der Waals surface area contributed by atoms with Crippen molar-refractivity contribution in [2.45, 2.75) is 0 Å².